The smallest absolute Gasteiger partial charge is 0.351 e. The van der Waals surface area contributed by atoms with Crippen molar-refractivity contribution in [3.63, 3.8) is 0 Å². The van der Waals surface area contributed by atoms with Gasteiger partial charge in [-0.1, -0.05) is 0 Å². The van der Waals surface area contributed by atoms with Crippen molar-refractivity contribution in [1.82, 2.24) is 10.3 Å². The van der Waals surface area contributed by atoms with Gasteiger partial charge < -0.3 is 10.2 Å². The van der Waals surface area contributed by atoms with Crippen molar-refractivity contribution in [2.24, 2.45) is 0 Å². The molecule has 1 fully saturated rings. The highest BCUT2D eigenvalue weighted by Crippen LogP contribution is 2.44. The molecular weight excluding hydrogens is 293 g/mol. The van der Waals surface area contributed by atoms with Crippen LogP contribution in [0.2, 0.25) is 0 Å². The van der Waals surface area contributed by atoms with Crippen LogP contribution in [0.4, 0.5) is 27.8 Å². The summed E-state index contributed by atoms with van der Waals surface area (Å²) >= 11 is 0. The molecule has 1 aromatic rings. The average Bonchev–Trinajstić information content (AvgIpc) is 2.54. The molecule has 1 aromatic heterocycles. The fraction of sp³-hybridized carbons (Fsp3) is 0.615. The first-order valence-corrected chi connectivity index (χ1v) is 6.72. The van der Waals surface area contributed by atoms with Gasteiger partial charge in [0, 0.05) is 38.3 Å². The lowest BCUT2D eigenvalue weighted by atomic mass is 10.0. The first-order chi connectivity index (χ1) is 9.79. The topological polar surface area (TPSA) is 28.2 Å². The van der Waals surface area contributed by atoms with Crippen LogP contribution in [0, 0.1) is 0 Å². The standard InChI is InChI=1S/C13H14F5N3/c14-12(15)2-1-9-7-19-3-4-21(9)11-10(12)5-8(6-20-11)13(16,17)18/h5-6,9,19H,1-4,7H2. The molecule has 0 spiro atoms. The van der Waals surface area contributed by atoms with Crippen LogP contribution in [0.15, 0.2) is 12.3 Å². The van der Waals surface area contributed by atoms with Gasteiger partial charge in [-0.25, -0.2) is 13.8 Å². The zero-order valence-electron chi connectivity index (χ0n) is 11.1. The molecule has 3 rings (SSSR count). The minimum absolute atomic E-state index is 0.0167. The van der Waals surface area contributed by atoms with E-state index < -0.39 is 29.6 Å². The van der Waals surface area contributed by atoms with Crippen molar-refractivity contribution in [3.05, 3.63) is 23.4 Å². The maximum Gasteiger partial charge on any atom is 0.417 e. The minimum atomic E-state index is -4.67. The maximum atomic E-state index is 14.2. The van der Waals surface area contributed by atoms with Gasteiger partial charge in [0.2, 0.25) is 0 Å². The molecule has 1 N–H and O–H groups in total. The van der Waals surface area contributed by atoms with Crippen LogP contribution in [0.25, 0.3) is 0 Å². The Balaban J connectivity index is 2.11. The summed E-state index contributed by atoms with van der Waals surface area (Å²) in [5.41, 5.74) is -1.74. The van der Waals surface area contributed by atoms with Crippen molar-refractivity contribution in [2.45, 2.75) is 31.0 Å². The third-order valence-electron chi connectivity index (χ3n) is 4.00. The fourth-order valence-electron chi connectivity index (χ4n) is 2.89. The number of halogens is 5. The van der Waals surface area contributed by atoms with Gasteiger partial charge in [-0.15, -0.1) is 0 Å². The Bertz CT molecular complexity index is 543. The van der Waals surface area contributed by atoms with E-state index in [0.717, 1.165) is 0 Å². The Labute approximate surface area is 118 Å². The van der Waals surface area contributed by atoms with Gasteiger partial charge in [0.05, 0.1) is 11.1 Å². The molecule has 0 saturated carbocycles. The molecule has 0 aromatic carbocycles. The van der Waals surface area contributed by atoms with Gasteiger partial charge in [0.25, 0.3) is 5.92 Å². The summed E-state index contributed by atoms with van der Waals surface area (Å²) in [4.78, 5) is 5.43. The van der Waals surface area contributed by atoms with E-state index in [2.05, 4.69) is 10.3 Å². The van der Waals surface area contributed by atoms with E-state index in [1.54, 1.807) is 4.90 Å². The third kappa shape index (κ3) is 2.56. The Morgan fingerprint density at radius 2 is 2.10 bits per heavy atom. The summed E-state index contributed by atoms with van der Waals surface area (Å²) < 4.78 is 66.6. The van der Waals surface area contributed by atoms with Crippen LogP contribution < -0.4 is 10.2 Å². The number of nitrogens with one attached hydrogen (secondary N) is 1. The molecule has 0 radical (unpaired) electrons. The second-order valence-corrected chi connectivity index (χ2v) is 5.39. The summed E-state index contributed by atoms with van der Waals surface area (Å²) in [6.07, 6.45) is -4.28. The number of hydrogen-bond acceptors (Lipinski definition) is 3. The number of aromatic nitrogens is 1. The van der Waals surface area contributed by atoms with E-state index in [-0.39, 0.29) is 18.3 Å². The van der Waals surface area contributed by atoms with E-state index in [1.165, 1.54) is 0 Å². The molecule has 3 nitrogen and oxygen atoms in total. The van der Waals surface area contributed by atoms with Crippen molar-refractivity contribution in [2.75, 3.05) is 24.5 Å². The van der Waals surface area contributed by atoms with Gasteiger partial charge in [-0.2, -0.15) is 13.2 Å². The van der Waals surface area contributed by atoms with Crippen molar-refractivity contribution < 1.29 is 22.0 Å². The predicted molar refractivity (Wildman–Crippen MR) is 66.4 cm³/mol. The van der Waals surface area contributed by atoms with Gasteiger partial charge in [-0.3, -0.25) is 0 Å². The summed E-state index contributed by atoms with van der Waals surface area (Å²) in [5, 5.41) is 3.11. The molecule has 2 aliphatic rings. The summed E-state index contributed by atoms with van der Waals surface area (Å²) in [6.45, 7) is 1.61. The molecule has 0 amide bonds. The molecule has 8 heteroatoms. The average molecular weight is 307 g/mol. The number of hydrogen-bond donors (Lipinski definition) is 1. The minimum Gasteiger partial charge on any atom is -0.351 e. The summed E-state index contributed by atoms with van der Waals surface area (Å²) in [6, 6.07) is 0.391. The molecule has 3 heterocycles. The Hall–Kier alpha value is -1.44. The lowest BCUT2D eigenvalue weighted by Crippen LogP contribution is -2.51. The number of anilines is 1. The molecular formula is C13H14F5N3. The van der Waals surface area contributed by atoms with Crippen molar-refractivity contribution in [3.8, 4) is 0 Å². The number of pyridine rings is 1. The number of alkyl halides is 5. The third-order valence-corrected chi connectivity index (χ3v) is 4.00. The summed E-state index contributed by atoms with van der Waals surface area (Å²) in [7, 11) is 0. The van der Waals surface area contributed by atoms with E-state index in [4.69, 9.17) is 0 Å². The van der Waals surface area contributed by atoms with E-state index >= 15 is 0 Å². The molecule has 1 atom stereocenters. The normalized spacial score (nSPS) is 25.0. The zero-order chi connectivity index (χ0) is 15.3. The van der Waals surface area contributed by atoms with Gasteiger partial charge in [0.15, 0.2) is 0 Å². The monoisotopic (exact) mass is 307 g/mol. The van der Waals surface area contributed by atoms with Gasteiger partial charge >= 0.3 is 6.18 Å². The molecule has 1 unspecified atom stereocenters. The second-order valence-electron chi connectivity index (χ2n) is 5.39. The van der Waals surface area contributed by atoms with Crippen molar-refractivity contribution >= 4 is 5.82 Å². The Kier molecular flexibility index (Phi) is 3.31. The zero-order valence-corrected chi connectivity index (χ0v) is 11.1. The second kappa shape index (κ2) is 4.79. The number of piperazine rings is 1. The molecule has 116 valence electrons. The highest BCUT2D eigenvalue weighted by Gasteiger charge is 2.44. The van der Waals surface area contributed by atoms with Crippen molar-refractivity contribution in [1.29, 1.82) is 0 Å². The van der Waals surface area contributed by atoms with E-state index in [1.807, 2.05) is 0 Å². The van der Waals surface area contributed by atoms with Crippen LogP contribution in [-0.2, 0) is 12.1 Å². The van der Waals surface area contributed by atoms with Crippen LogP contribution in [0.3, 0.4) is 0 Å². The number of nitrogens with zero attached hydrogens (tertiary/aromatic N) is 2. The predicted octanol–water partition coefficient (Wildman–Crippen LogP) is 2.76. The highest BCUT2D eigenvalue weighted by molar-refractivity contribution is 5.53. The molecule has 1 saturated heterocycles. The Morgan fingerprint density at radius 1 is 1.33 bits per heavy atom. The molecule has 2 aliphatic heterocycles. The van der Waals surface area contributed by atoms with E-state index in [9.17, 15) is 22.0 Å². The lowest BCUT2D eigenvalue weighted by molar-refractivity contribution is -0.138. The van der Waals surface area contributed by atoms with Gasteiger partial charge in [-0.05, 0) is 12.5 Å². The summed E-state index contributed by atoms with van der Waals surface area (Å²) in [5.74, 6) is -3.31. The van der Waals surface area contributed by atoms with Crippen LogP contribution in [0.5, 0.6) is 0 Å². The van der Waals surface area contributed by atoms with Crippen LogP contribution >= 0.6 is 0 Å². The van der Waals surface area contributed by atoms with Crippen LogP contribution in [0.1, 0.15) is 24.0 Å². The number of rotatable bonds is 0. The largest absolute Gasteiger partial charge is 0.417 e. The molecule has 0 bridgehead atoms. The van der Waals surface area contributed by atoms with Gasteiger partial charge in [0.1, 0.15) is 5.82 Å². The quantitative estimate of drug-likeness (QED) is 0.747. The molecule has 21 heavy (non-hydrogen) atoms. The number of fused-ring (bicyclic) bond motifs is 3. The lowest BCUT2D eigenvalue weighted by Gasteiger charge is -2.36. The van der Waals surface area contributed by atoms with Crippen LogP contribution in [-0.4, -0.2) is 30.7 Å². The van der Waals surface area contributed by atoms with E-state index in [0.29, 0.717) is 31.9 Å². The Morgan fingerprint density at radius 3 is 2.81 bits per heavy atom. The molecule has 0 aliphatic carbocycles. The fourth-order valence-corrected chi connectivity index (χ4v) is 2.89. The highest BCUT2D eigenvalue weighted by atomic mass is 19.4. The first kappa shape index (κ1) is 14.5. The first-order valence-electron chi connectivity index (χ1n) is 6.72. The maximum absolute atomic E-state index is 14.2. The SMILES string of the molecule is FC(F)(F)c1cnc2c(c1)C(F)(F)CCC1CNCCN21.